The summed E-state index contributed by atoms with van der Waals surface area (Å²) in [5.74, 6) is 0.179. The third-order valence-electron chi connectivity index (χ3n) is 4.62. The van der Waals surface area contributed by atoms with Crippen LogP contribution in [0.1, 0.15) is 23.7 Å². The minimum atomic E-state index is -0.155. The van der Waals surface area contributed by atoms with Crippen molar-refractivity contribution in [2.24, 2.45) is 0 Å². The van der Waals surface area contributed by atoms with Crippen molar-refractivity contribution in [1.29, 1.82) is 0 Å². The van der Waals surface area contributed by atoms with Crippen LogP contribution in [0.25, 0.3) is 0 Å². The molecule has 2 saturated heterocycles. The van der Waals surface area contributed by atoms with E-state index in [1.807, 2.05) is 46.4 Å². The Labute approximate surface area is 136 Å². The first-order valence-corrected chi connectivity index (χ1v) is 8.12. The van der Waals surface area contributed by atoms with Gasteiger partial charge < -0.3 is 4.90 Å². The van der Waals surface area contributed by atoms with E-state index in [4.69, 9.17) is 4.84 Å². The molecule has 0 radical (unpaired) electrons. The zero-order chi connectivity index (χ0) is 15.6. The van der Waals surface area contributed by atoms with Crippen LogP contribution in [-0.4, -0.2) is 35.0 Å². The smallest absolute Gasteiger partial charge is 0.242 e. The lowest BCUT2D eigenvalue weighted by molar-refractivity contribution is -0.190. The maximum Gasteiger partial charge on any atom is 0.242 e. The number of carbonyl (C=O) groups is 1. The highest BCUT2D eigenvalue weighted by Gasteiger charge is 2.43. The molecule has 2 aliphatic heterocycles. The van der Waals surface area contributed by atoms with Gasteiger partial charge in [0.15, 0.2) is 0 Å². The van der Waals surface area contributed by atoms with E-state index in [0.717, 1.165) is 18.5 Å². The number of carbonyl (C=O) groups excluding carboxylic acids is 1. The number of hydrogen-bond donors (Lipinski definition) is 0. The fraction of sp³-hybridized carbons (Fsp3) is 0.316. The molecular weight excluding hydrogens is 288 g/mol. The maximum atomic E-state index is 12.8. The summed E-state index contributed by atoms with van der Waals surface area (Å²) in [5.41, 5.74) is 2.32. The number of amides is 1. The lowest BCUT2D eigenvalue weighted by atomic mass is 10.0. The van der Waals surface area contributed by atoms with E-state index >= 15 is 0 Å². The molecule has 0 aromatic heterocycles. The molecule has 4 rings (SSSR count). The van der Waals surface area contributed by atoms with E-state index in [1.54, 1.807) is 0 Å². The van der Waals surface area contributed by atoms with Crippen molar-refractivity contribution in [2.45, 2.75) is 25.1 Å². The number of nitrogens with zero attached hydrogens (tertiary/aromatic N) is 2. The highest BCUT2D eigenvalue weighted by molar-refractivity contribution is 5.82. The van der Waals surface area contributed by atoms with Gasteiger partial charge in [0.1, 0.15) is 12.1 Å². The third kappa shape index (κ3) is 2.87. The molecule has 2 fully saturated rings. The summed E-state index contributed by atoms with van der Waals surface area (Å²) >= 11 is 0. The number of benzene rings is 2. The van der Waals surface area contributed by atoms with Gasteiger partial charge in [0.25, 0.3) is 0 Å². The molecule has 4 nitrogen and oxygen atoms in total. The van der Waals surface area contributed by atoms with Gasteiger partial charge in [-0.1, -0.05) is 60.7 Å². The standard InChI is InChI=1S/C19H20N2O2/c22-19-17-13-18(16-9-5-2-6-10-16)23-21(17)12-11-20(19)14-15-7-3-1-4-8-15/h1-10,17-18H,11-14H2/t17-,18-/m0/s1. The zero-order valence-electron chi connectivity index (χ0n) is 13.0. The van der Waals surface area contributed by atoms with Crippen LogP contribution in [0.15, 0.2) is 60.7 Å². The van der Waals surface area contributed by atoms with Crippen molar-refractivity contribution >= 4 is 5.91 Å². The molecule has 118 valence electrons. The summed E-state index contributed by atoms with van der Waals surface area (Å²) in [7, 11) is 0. The molecule has 2 aromatic rings. The molecule has 4 heteroatoms. The van der Waals surface area contributed by atoms with Crippen LogP contribution in [-0.2, 0) is 16.2 Å². The number of rotatable bonds is 3. The number of fused-ring (bicyclic) bond motifs is 1. The van der Waals surface area contributed by atoms with Crippen LogP contribution in [0, 0.1) is 0 Å². The first-order valence-electron chi connectivity index (χ1n) is 8.12. The lowest BCUT2D eigenvalue weighted by Crippen LogP contribution is -2.53. The highest BCUT2D eigenvalue weighted by Crippen LogP contribution is 2.35. The van der Waals surface area contributed by atoms with Crippen LogP contribution in [0.5, 0.6) is 0 Å². The number of piperazine rings is 1. The quantitative estimate of drug-likeness (QED) is 0.874. The van der Waals surface area contributed by atoms with Crippen LogP contribution < -0.4 is 0 Å². The van der Waals surface area contributed by atoms with Crippen LogP contribution >= 0.6 is 0 Å². The third-order valence-corrected chi connectivity index (χ3v) is 4.62. The predicted octanol–water partition coefficient (Wildman–Crippen LogP) is 2.78. The molecule has 2 atom stereocenters. The Morgan fingerprint density at radius 3 is 2.39 bits per heavy atom. The summed E-state index contributed by atoms with van der Waals surface area (Å²) in [6.07, 6.45) is 0.718. The first kappa shape index (κ1) is 14.4. The van der Waals surface area contributed by atoms with Gasteiger partial charge in [-0.3, -0.25) is 9.63 Å². The van der Waals surface area contributed by atoms with Crippen molar-refractivity contribution in [1.82, 2.24) is 9.96 Å². The minimum absolute atomic E-state index is 0.0122. The van der Waals surface area contributed by atoms with Gasteiger partial charge in [-0.05, 0) is 11.1 Å². The molecule has 0 saturated carbocycles. The Balaban J connectivity index is 1.46. The molecule has 0 bridgehead atoms. The van der Waals surface area contributed by atoms with Gasteiger partial charge in [-0.25, -0.2) is 0 Å². The molecule has 0 N–H and O–H groups in total. The largest absolute Gasteiger partial charge is 0.336 e. The van der Waals surface area contributed by atoms with Crippen molar-refractivity contribution in [2.75, 3.05) is 13.1 Å². The van der Waals surface area contributed by atoms with Crippen LogP contribution in [0.4, 0.5) is 0 Å². The van der Waals surface area contributed by atoms with Crippen molar-refractivity contribution in [3.05, 3.63) is 71.8 Å². The fourth-order valence-corrected chi connectivity index (χ4v) is 3.40. The molecule has 0 unspecified atom stereocenters. The summed E-state index contributed by atoms with van der Waals surface area (Å²) in [4.78, 5) is 20.8. The van der Waals surface area contributed by atoms with E-state index in [-0.39, 0.29) is 18.1 Å². The van der Waals surface area contributed by atoms with Gasteiger partial charge in [-0.2, -0.15) is 5.06 Å². The Morgan fingerprint density at radius 1 is 0.957 bits per heavy atom. The second-order valence-corrected chi connectivity index (χ2v) is 6.14. The van der Waals surface area contributed by atoms with Gasteiger partial charge in [0.2, 0.25) is 5.91 Å². The first-order chi connectivity index (χ1) is 11.3. The Hall–Kier alpha value is -2.17. The van der Waals surface area contributed by atoms with Gasteiger partial charge >= 0.3 is 0 Å². The predicted molar refractivity (Wildman–Crippen MR) is 87.2 cm³/mol. The van der Waals surface area contributed by atoms with E-state index in [1.165, 1.54) is 5.56 Å². The monoisotopic (exact) mass is 308 g/mol. The van der Waals surface area contributed by atoms with Gasteiger partial charge in [0.05, 0.1) is 0 Å². The van der Waals surface area contributed by atoms with Gasteiger partial charge in [0, 0.05) is 26.1 Å². The topological polar surface area (TPSA) is 32.8 Å². The van der Waals surface area contributed by atoms with E-state index < -0.39 is 0 Å². The van der Waals surface area contributed by atoms with Gasteiger partial charge in [-0.15, -0.1) is 0 Å². The average molecular weight is 308 g/mol. The van der Waals surface area contributed by atoms with Crippen molar-refractivity contribution in [3.8, 4) is 0 Å². The summed E-state index contributed by atoms with van der Waals surface area (Å²) < 4.78 is 0. The molecule has 2 aromatic carbocycles. The molecule has 0 spiro atoms. The van der Waals surface area contributed by atoms with Crippen molar-refractivity contribution in [3.63, 3.8) is 0 Å². The van der Waals surface area contributed by atoms with E-state index in [2.05, 4.69) is 24.3 Å². The summed E-state index contributed by atoms with van der Waals surface area (Å²) in [6.45, 7) is 2.17. The van der Waals surface area contributed by atoms with Crippen molar-refractivity contribution < 1.29 is 9.63 Å². The Kier molecular flexibility index (Phi) is 3.85. The number of hydrogen-bond acceptors (Lipinski definition) is 3. The molecule has 1 amide bonds. The molecule has 2 heterocycles. The second-order valence-electron chi connectivity index (χ2n) is 6.14. The lowest BCUT2D eigenvalue weighted by Gasteiger charge is -2.35. The molecular formula is C19H20N2O2. The SMILES string of the molecule is O=C1[C@@H]2C[C@@H](c3ccccc3)ON2CCN1Cc1ccccc1. The highest BCUT2D eigenvalue weighted by atomic mass is 16.7. The zero-order valence-corrected chi connectivity index (χ0v) is 13.0. The molecule has 2 aliphatic rings. The van der Waals surface area contributed by atoms with E-state index in [9.17, 15) is 4.79 Å². The Morgan fingerprint density at radius 2 is 1.65 bits per heavy atom. The van der Waals surface area contributed by atoms with Crippen LogP contribution in [0.3, 0.4) is 0 Å². The number of hydroxylamine groups is 2. The molecule has 23 heavy (non-hydrogen) atoms. The minimum Gasteiger partial charge on any atom is -0.336 e. The summed E-state index contributed by atoms with van der Waals surface area (Å²) in [6, 6.07) is 20.2. The maximum absolute atomic E-state index is 12.8. The average Bonchev–Trinajstić information content (AvgIpc) is 3.04. The normalized spacial score (nSPS) is 24.7. The van der Waals surface area contributed by atoms with Crippen LogP contribution in [0.2, 0.25) is 0 Å². The summed E-state index contributed by atoms with van der Waals surface area (Å²) in [5, 5.41) is 1.88. The Bertz CT molecular complexity index is 674. The second kappa shape index (κ2) is 6.14. The fourth-order valence-electron chi connectivity index (χ4n) is 3.40. The van der Waals surface area contributed by atoms with E-state index in [0.29, 0.717) is 13.1 Å². The molecule has 0 aliphatic carbocycles.